The summed E-state index contributed by atoms with van der Waals surface area (Å²) in [6.07, 6.45) is 0.695. The van der Waals surface area contributed by atoms with Gasteiger partial charge >= 0.3 is 0 Å². The predicted molar refractivity (Wildman–Crippen MR) is 77.4 cm³/mol. The summed E-state index contributed by atoms with van der Waals surface area (Å²) in [5, 5.41) is 6.24. The van der Waals surface area contributed by atoms with Gasteiger partial charge in [-0.05, 0) is 24.6 Å². The third-order valence-corrected chi connectivity index (χ3v) is 3.39. The highest BCUT2D eigenvalue weighted by atomic mass is 16.2. The Labute approximate surface area is 112 Å². The number of aryl methyl sites for hydroxylation is 1. The molecule has 0 aliphatic carbocycles. The summed E-state index contributed by atoms with van der Waals surface area (Å²) in [5.41, 5.74) is 4.24. The molecule has 3 heteroatoms. The third-order valence-electron chi connectivity index (χ3n) is 3.39. The van der Waals surface area contributed by atoms with Gasteiger partial charge in [0.05, 0.1) is 11.4 Å². The van der Waals surface area contributed by atoms with Crippen LogP contribution in [0.3, 0.4) is 0 Å². The number of hydrogen-bond donors (Lipinski definition) is 2. The van der Waals surface area contributed by atoms with E-state index in [2.05, 4.69) is 41.8 Å². The number of hydrogen-bond acceptors (Lipinski definition) is 2. The van der Waals surface area contributed by atoms with Crippen molar-refractivity contribution in [3.8, 4) is 0 Å². The van der Waals surface area contributed by atoms with Crippen LogP contribution < -0.4 is 10.6 Å². The van der Waals surface area contributed by atoms with Crippen LogP contribution in [0.4, 0.5) is 11.4 Å². The van der Waals surface area contributed by atoms with Crippen molar-refractivity contribution in [1.82, 2.24) is 0 Å². The molecule has 2 aromatic rings. The van der Waals surface area contributed by atoms with Crippen molar-refractivity contribution in [2.75, 3.05) is 10.6 Å². The smallest absolute Gasteiger partial charge is 0.247 e. The van der Waals surface area contributed by atoms with Gasteiger partial charge in [-0.15, -0.1) is 0 Å². The topological polar surface area (TPSA) is 41.1 Å². The molecule has 0 radical (unpaired) electrons. The van der Waals surface area contributed by atoms with E-state index in [0.717, 1.165) is 16.9 Å². The number of amides is 1. The first-order chi connectivity index (χ1) is 9.22. The molecule has 0 unspecified atom stereocenters. The molecule has 0 saturated carbocycles. The highest BCUT2D eigenvalue weighted by molar-refractivity contribution is 6.03. The molecule has 1 aliphatic rings. The van der Waals surface area contributed by atoms with Crippen LogP contribution in [-0.4, -0.2) is 11.9 Å². The molecule has 1 amide bonds. The van der Waals surface area contributed by atoms with Gasteiger partial charge in [0.2, 0.25) is 5.91 Å². The van der Waals surface area contributed by atoms with Crippen molar-refractivity contribution in [2.45, 2.75) is 19.4 Å². The number of anilines is 2. The number of benzene rings is 2. The molecule has 2 N–H and O–H groups in total. The first-order valence-electron chi connectivity index (χ1n) is 6.44. The second kappa shape index (κ2) is 4.76. The molecule has 19 heavy (non-hydrogen) atoms. The minimum absolute atomic E-state index is 0.0271. The zero-order valence-corrected chi connectivity index (χ0v) is 10.8. The quantitative estimate of drug-likeness (QED) is 0.862. The van der Waals surface area contributed by atoms with Crippen LogP contribution in [-0.2, 0) is 11.2 Å². The van der Waals surface area contributed by atoms with E-state index in [0.29, 0.717) is 6.42 Å². The first-order valence-corrected chi connectivity index (χ1v) is 6.44. The van der Waals surface area contributed by atoms with Gasteiger partial charge in [-0.2, -0.15) is 0 Å². The van der Waals surface area contributed by atoms with E-state index in [-0.39, 0.29) is 11.9 Å². The zero-order chi connectivity index (χ0) is 13.2. The number of rotatable bonds is 2. The van der Waals surface area contributed by atoms with E-state index in [1.807, 2.05) is 24.3 Å². The van der Waals surface area contributed by atoms with E-state index >= 15 is 0 Å². The Morgan fingerprint density at radius 3 is 2.42 bits per heavy atom. The van der Waals surface area contributed by atoms with Crippen molar-refractivity contribution in [1.29, 1.82) is 0 Å². The number of fused-ring (bicyclic) bond motifs is 1. The normalized spacial score (nSPS) is 17.3. The van der Waals surface area contributed by atoms with Crippen LogP contribution in [0.1, 0.15) is 11.1 Å². The van der Waals surface area contributed by atoms with Gasteiger partial charge in [-0.25, -0.2) is 0 Å². The Morgan fingerprint density at radius 1 is 1.00 bits per heavy atom. The van der Waals surface area contributed by atoms with E-state index in [1.165, 1.54) is 5.56 Å². The van der Waals surface area contributed by atoms with E-state index in [9.17, 15) is 4.79 Å². The summed E-state index contributed by atoms with van der Waals surface area (Å²) in [6.45, 7) is 2.06. The molecule has 3 rings (SSSR count). The molecule has 0 saturated heterocycles. The molecular formula is C16H16N2O. The fourth-order valence-electron chi connectivity index (χ4n) is 2.29. The maximum Gasteiger partial charge on any atom is 0.247 e. The molecule has 96 valence electrons. The lowest BCUT2D eigenvalue weighted by Crippen LogP contribution is -2.40. The number of carbonyl (C=O) groups excluding carboxylic acids is 1. The molecule has 3 nitrogen and oxygen atoms in total. The second-order valence-corrected chi connectivity index (χ2v) is 4.92. The minimum Gasteiger partial charge on any atom is -0.372 e. The second-order valence-electron chi connectivity index (χ2n) is 4.92. The molecule has 1 atom stereocenters. The van der Waals surface area contributed by atoms with Crippen LogP contribution in [0.15, 0.2) is 48.5 Å². The Kier molecular flexibility index (Phi) is 2.95. The van der Waals surface area contributed by atoms with Gasteiger partial charge in [-0.3, -0.25) is 4.79 Å². The average Bonchev–Trinajstić information content (AvgIpc) is 2.42. The van der Waals surface area contributed by atoms with Gasteiger partial charge in [0.15, 0.2) is 0 Å². The van der Waals surface area contributed by atoms with Crippen molar-refractivity contribution in [3.63, 3.8) is 0 Å². The lowest BCUT2D eigenvalue weighted by molar-refractivity contribution is -0.117. The maximum atomic E-state index is 12.1. The average molecular weight is 252 g/mol. The van der Waals surface area contributed by atoms with Crippen LogP contribution >= 0.6 is 0 Å². The molecule has 0 fully saturated rings. The standard InChI is InChI=1S/C16H16N2O/c1-11-6-8-12(9-7-11)10-15-16(19)18-14-5-3-2-4-13(14)17-15/h2-9,15,17H,10H2,1H3,(H,18,19)/t15-/m0/s1. The fraction of sp³-hybridized carbons (Fsp3) is 0.188. The fourth-order valence-corrected chi connectivity index (χ4v) is 2.29. The van der Waals surface area contributed by atoms with Crippen molar-refractivity contribution in [2.24, 2.45) is 0 Å². The minimum atomic E-state index is -0.211. The SMILES string of the molecule is Cc1ccc(C[C@@H]2Nc3ccccc3NC2=O)cc1. The molecule has 0 bridgehead atoms. The summed E-state index contributed by atoms with van der Waals surface area (Å²) < 4.78 is 0. The van der Waals surface area contributed by atoms with Crippen LogP contribution in [0.25, 0.3) is 0 Å². The zero-order valence-electron chi connectivity index (χ0n) is 10.8. The predicted octanol–water partition coefficient (Wildman–Crippen LogP) is 2.97. The van der Waals surface area contributed by atoms with Gasteiger partial charge in [-0.1, -0.05) is 42.0 Å². The van der Waals surface area contributed by atoms with Crippen LogP contribution in [0, 0.1) is 6.92 Å². The molecule has 1 aliphatic heterocycles. The van der Waals surface area contributed by atoms with Gasteiger partial charge in [0.25, 0.3) is 0 Å². The van der Waals surface area contributed by atoms with Crippen molar-refractivity contribution >= 4 is 17.3 Å². The van der Waals surface area contributed by atoms with Crippen LogP contribution in [0.2, 0.25) is 0 Å². The molecule has 0 aromatic heterocycles. The summed E-state index contributed by atoms with van der Waals surface area (Å²) >= 11 is 0. The van der Waals surface area contributed by atoms with Gasteiger partial charge in [0, 0.05) is 6.42 Å². The van der Waals surface area contributed by atoms with Crippen molar-refractivity contribution < 1.29 is 4.79 Å². The lowest BCUT2D eigenvalue weighted by atomic mass is 10.0. The monoisotopic (exact) mass is 252 g/mol. The Balaban J connectivity index is 1.79. The van der Waals surface area contributed by atoms with Crippen molar-refractivity contribution in [3.05, 3.63) is 59.7 Å². The number of nitrogens with one attached hydrogen (secondary N) is 2. The van der Waals surface area contributed by atoms with Crippen LogP contribution in [0.5, 0.6) is 0 Å². The molecule has 1 heterocycles. The number of para-hydroxylation sites is 2. The summed E-state index contributed by atoms with van der Waals surface area (Å²) in [6, 6.07) is 15.9. The van der Waals surface area contributed by atoms with Gasteiger partial charge in [0.1, 0.15) is 6.04 Å². The highest BCUT2D eigenvalue weighted by Crippen LogP contribution is 2.26. The molecule has 0 spiro atoms. The summed E-state index contributed by atoms with van der Waals surface area (Å²) in [4.78, 5) is 12.1. The largest absolute Gasteiger partial charge is 0.372 e. The number of carbonyl (C=O) groups is 1. The lowest BCUT2D eigenvalue weighted by Gasteiger charge is -2.26. The van der Waals surface area contributed by atoms with Gasteiger partial charge < -0.3 is 10.6 Å². The Hall–Kier alpha value is -2.29. The van der Waals surface area contributed by atoms with E-state index < -0.39 is 0 Å². The molecular weight excluding hydrogens is 236 g/mol. The Morgan fingerprint density at radius 2 is 1.68 bits per heavy atom. The molecule has 2 aromatic carbocycles. The maximum absolute atomic E-state index is 12.1. The summed E-state index contributed by atoms with van der Waals surface area (Å²) in [5.74, 6) is 0.0271. The Bertz CT molecular complexity index is 604. The third kappa shape index (κ3) is 2.45. The highest BCUT2D eigenvalue weighted by Gasteiger charge is 2.24. The first kappa shape index (κ1) is 11.8. The van der Waals surface area contributed by atoms with E-state index in [1.54, 1.807) is 0 Å². The van der Waals surface area contributed by atoms with E-state index in [4.69, 9.17) is 0 Å². The summed E-state index contributed by atoms with van der Waals surface area (Å²) in [7, 11) is 0.